The summed E-state index contributed by atoms with van der Waals surface area (Å²) in [5, 5.41) is 9.65. The number of rotatable bonds is 2. The van der Waals surface area contributed by atoms with Gasteiger partial charge in [-0.1, -0.05) is 37.6 Å². The molecule has 1 nitrogen and oxygen atoms in total. The molecule has 1 aromatic carbocycles. The van der Waals surface area contributed by atoms with E-state index in [4.69, 9.17) is 16.9 Å². The number of nitriles is 1. The molecule has 0 radical (unpaired) electrons. The fourth-order valence-electron chi connectivity index (χ4n) is 1.28. The molecule has 0 bridgehead atoms. The molecule has 0 fully saturated rings. The predicted molar refractivity (Wildman–Crippen MR) is 54.6 cm³/mol. The monoisotopic (exact) mass is 193 g/mol. The third-order valence-electron chi connectivity index (χ3n) is 2.03. The van der Waals surface area contributed by atoms with Crippen LogP contribution in [-0.2, 0) is 0 Å². The summed E-state index contributed by atoms with van der Waals surface area (Å²) in [6, 6.07) is 9.77. The van der Waals surface area contributed by atoms with Gasteiger partial charge in [-0.25, -0.2) is 0 Å². The molecule has 0 aliphatic heterocycles. The van der Waals surface area contributed by atoms with Crippen molar-refractivity contribution in [2.45, 2.75) is 19.8 Å². The van der Waals surface area contributed by atoms with Crippen LogP contribution in [0.5, 0.6) is 0 Å². The van der Waals surface area contributed by atoms with Gasteiger partial charge in [-0.05, 0) is 23.6 Å². The first-order valence-electron chi connectivity index (χ1n) is 4.30. The molecule has 1 atom stereocenters. The van der Waals surface area contributed by atoms with E-state index < -0.39 is 0 Å². The molecule has 0 amide bonds. The Morgan fingerprint density at radius 2 is 1.77 bits per heavy atom. The van der Waals surface area contributed by atoms with Crippen molar-refractivity contribution < 1.29 is 0 Å². The Hall–Kier alpha value is -1.00. The summed E-state index contributed by atoms with van der Waals surface area (Å²) in [4.78, 5) is 0. The molecule has 0 spiro atoms. The lowest BCUT2D eigenvalue weighted by molar-refractivity contribution is 0.587. The zero-order chi connectivity index (χ0) is 9.84. The highest BCUT2D eigenvalue weighted by molar-refractivity contribution is 6.30. The van der Waals surface area contributed by atoms with Crippen LogP contribution in [-0.4, -0.2) is 0 Å². The van der Waals surface area contributed by atoms with Crippen molar-refractivity contribution in [1.82, 2.24) is 0 Å². The molecular formula is C11H12ClN. The van der Waals surface area contributed by atoms with Crippen molar-refractivity contribution in [3.63, 3.8) is 0 Å². The van der Waals surface area contributed by atoms with E-state index in [1.165, 1.54) is 0 Å². The minimum Gasteiger partial charge on any atom is -0.198 e. The average molecular weight is 194 g/mol. The molecule has 1 aromatic rings. The van der Waals surface area contributed by atoms with E-state index in [1.54, 1.807) is 0 Å². The second kappa shape index (κ2) is 4.30. The van der Waals surface area contributed by atoms with Crippen molar-refractivity contribution in [2.75, 3.05) is 0 Å². The number of halogens is 1. The third-order valence-corrected chi connectivity index (χ3v) is 2.29. The van der Waals surface area contributed by atoms with Crippen LogP contribution in [0.25, 0.3) is 0 Å². The van der Waals surface area contributed by atoms with E-state index in [2.05, 4.69) is 6.07 Å². The topological polar surface area (TPSA) is 23.8 Å². The fourth-order valence-corrected chi connectivity index (χ4v) is 1.40. The number of nitrogens with zero attached hydrogens (tertiary/aromatic N) is 1. The maximum absolute atomic E-state index is 8.94. The average Bonchev–Trinajstić information content (AvgIpc) is 2.09. The Labute approximate surface area is 84.0 Å². The molecule has 0 heterocycles. The van der Waals surface area contributed by atoms with Crippen molar-refractivity contribution in [2.24, 2.45) is 5.92 Å². The molecule has 0 unspecified atom stereocenters. The van der Waals surface area contributed by atoms with Gasteiger partial charge in [0, 0.05) is 5.02 Å². The summed E-state index contributed by atoms with van der Waals surface area (Å²) in [5.74, 6) is 0.309. The van der Waals surface area contributed by atoms with Gasteiger partial charge in [0.1, 0.15) is 0 Å². The molecule has 0 aliphatic carbocycles. The number of hydrogen-bond donors (Lipinski definition) is 0. The predicted octanol–water partition coefficient (Wildman–Crippen LogP) is 3.60. The summed E-state index contributed by atoms with van der Waals surface area (Å²) < 4.78 is 0. The van der Waals surface area contributed by atoms with Crippen LogP contribution in [0.15, 0.2) is 24.3 Å². The number of benzene rings is 1. The lowest BCUT2D eigenvalue weighted by Crippen LogP contribution is -2.03. The first-order chi connectivity index (χ1) is 6.15. The van der Waals surface area contributed by atoms with Crippen LogP contribution < -0.4 is 0 Å². The van der Waals surface area contributed by atoms with Crippen molar-refractivity contribution in [3.05, 3.63) is 34.9 Å². The Bertz CT molecular complexity index is 308. The zero-order valence-corrected chi connectivity index (χ0v) is 8.55. The Morgan fingerprint density at radius 3 is 2.15 bits per heavy atom. The van der Waals surface area contributed by atoms with Gasteiger partial charge in [-0.3, -0.25) is 0 Å². The SMILES string of the molecule is CC(C)[C@@H](C#N)c1ccc(Cl)cc1. The molecule has 1 rings (SSSR count). The second-order valence-corrected chi connectivity index (χ2v) is 3.84. The van der Waals surface area contributed by atoms with E-state index in [0.717, 1.165) is 5.56 Å². The zero-order valence-electron chi connectivity index (χ0n) is 7.79. The third kappa shape index (κ3) is 2.47. The van der Waals surface area contributed by atoms with Gasteiger partial charge in [-0.2, -0.15) is 5.26 Å². The van der Waals surface area contributed by atoms with Crippen LogP contribution in [0.1, 0.15) is 25.3 Å². The van der Waals surface area contributed by atoms with Gasteiger partial charge in [-0.15, -0.1) is 0 Å². The summed E-state index contributed by atoms with van der Waals surface area (Å²) in [6.07, 6.45) is 0. The van der Waals surface area contributed by atoms with E-state index in [9.17, 15) is 0 Å². The first-order valence-corrected chi connectivity index (χ1v) is 4.68. The molecule has 13 heavy (non-hydrogen) atoms. The summed E-state index contributed by atoms with van der Waals surface area (Å²) in [6.45, 7) is 4.09. The van der Waals surface area contributed by atoms with Crippen LogP contribution in [0.2, 0.25) is 5.02 Å². The van der Waals surface area contributed by atoms with Gasteiger partial charge in [0.2, 0.25) is 0 Å². The quantitative estimate of drug-likeness (QED) is 0.704. The lowest BCUT2D eigenvalue weighted by Gasteiger charge is -2.12. The van der Waals surface area contributed by atoms with Crippen LogP contribution in [0, 0.1) is 17.2 Å². The van der Waals surface area contributed by atoms with Gasteiger partial charge < -0.3 is 0 Å². The lowest BCUT2D eigenvalue weighted by atomic mass is 9.90. The second-order valence-electron chi connectivity index (χ2n) is 3.40. The molecule has 0 aliphatic rings. The Morgan fingerprint density at radius 1 is 1.23 bits per heavy atom. The number of hydrogen-bond acceptors (Lipinski definition) is 1. The van der Waals surface area contributed by atoms with E-state index in [0.29, 0.717) is 10.9 Å². The van der Waals surface area contributed by atoms with E-state index in [-0.39, 0.29) is 5.92 Å². The highest BCUT2D eigenvalue weighted by atomic mass is 35.5. The first kappa shape index (κ1) is 10.1. The molecule has 68 valence electrons. The maximum Gasteiger partial charge on any atom is 0.0735 e. The van der Waals surface area contributed by atoms with Gasteiger partial charge in [0.05, 0.1) is 12.0 Å². The minimum absolute atomic E-state index is 0.0303. The van der Waals surface area contributed by atoms with Gasteiger partial charge in [0.25, 0.3) is 0 Å². The van der Waals surface area contributed by atoms with Gasteiger partial charge >= 0.3 is 0 Å². The van der Waals surface area contributed by atoms with E-state index >= 15 is 0 Å². The van der Waals surface area contributed by atoms with Crippen molar-refractivity contribution in [1.29, 1.82) is 5.26 Å². The molecule has 0 N–H and O–H groups in total. The molecule has 0 aromatic heterocycles. The Balaban J connectivity index is 2.94. The van der Waals surface area contributed by atoms with Crippen molar-refractivity contribution in [3.8, 4) is 6.07 Å². The molecule has 0 saturated heterocycles. The summed E-state index contributed by atoms with van der Waals surface area (Å²) in [5.41, 5.74) is 1.04. The highest BCUT2D eigenvalue weighted by Crippen LogP contribution is 2.24. The smallest absolute Gasteiger partial charge is 0.0735 e. The van der Waals surface area contributed by atoms with Crippen LogP contribution in [0.4, 0.5) is 0 Å². The molecule has 0 saturated carbocycles. The fraction of sp³-hybridized carbons (Fsp3) is 0.364. The van der Waals surface area contributed by atoms with Crippen molar-refractivity contribution >= 4 is 11.6 Å². The Kier molecular flexibility index (Phi) is 3.33. The largest absolute Gasteiger partial charge is 0.198 e. The maximum atomic E-state index is 8.94. The summed E-state index contributed by atoms with van der Waals surface area (Å²) in [7, 11) is 0. The minimum atomic E-state index is -0.0303. The summed E-state index contributed by atoms with van der Waals surface area (Å²) >= 11 is 5.76. The standard InChI is InChI=1S/C11H12ClN/c1-8(2)11(7-13)9-3-5-10(12)6-4-9/h3-6,8,11H,1-2H3/t11-/m1/s1. The molecule has 2 heteroatoms. The normalized spacial score (nSPS) is 12.5. The molecular weight excluding hydrogens is 182 g/mol. The van der Waals surface area contributed by atoms with Crippen LogP contribution >= 0.6 is 11.6 Å². The highest BCUT2D eigenvalue weighted by Gasteiger charge is 2.13. The van der Waals surface area contributed by atoms with Gasteiger partial charge in [0.15, 0.2) is 0 Å². The van der Waals surface area contributed by atoms with E-state index in [1.807, 2.05) is 38.1 Å². The van der Waals surface area contributed by atoms with Crippen LogP contribution in [0.3, 0.4) is 0 Å².